The van der Waals surface area contributed by atoms with E-state index in [0.29, 0.717) is 5.92 Å². The molecule has 104 valence electrons. The first-order valence-electron chi connectivity index (χ1n) is 7.62. The van der Waals surface area contributed by atoms with Crippen molar-refractivity contribution in [1.82, 2.24) is 5.32 Å². The molecule has 1 aliphatic heterocycles. The summed E-state index contributed by atoms with van der Waals surface area (Å²) < 4.78 is 0. The summed E-state index contributed by atoms with van der Waals surface area (Å²) in [5.74, 6) is 2.27. The van der Waals surface area contributed by atoms with Crippen LogP contribution < -0.4 is 5.32 Å². The monoisotopic (exact) mass is 249 g/mol. The fraction of sp³-hybridized carbons (Fsp3) is 0.765. The fourth-order valence-corrected chi connectivity index (χ4v) is 2.85. The van der Waals surface area contributed by atoms with Gasteiger partial charge in [-0.25, -0.2) is 0 Å². The average molecular weight is 249 g/mol. The van der Waals surface area contributed by atoms with Crippen LogP contribution in [-0.4, -0.2) is 6.54 Å². The van der Waals surface area contributed by atoms with Crippen LogP contribution in [0, 0.1) is 17.8 Å². The Morgan fingerprint density at radius 3 is 2.61 bits per heavy atom. The standard InChI is InChI=1S/C17H31N/c1-6-16-9-11-18-12-10-17(13(2)3)8-7-14(4)15(16)5/h9,11,13,16-18H,6-8,10,12H2,1-5H3/b11-9-,15-14+. The molecule has 1 aliphatic rings. The first-order valence-corrected chi connectivity index (χ1v) is 7.62. The molecule has 0 bridgehead atoms. The average Bonchev–Trinajstić information content (AvgIpc) is 2.37. The molecule has 0 spiro atoms. The largest absolute Gasteiger partial charge is 0.391 e. The molecular weight excluding hydrogens is 218 g/mol. The van der Waals surface area contributed by atoms with E-state index >= 15 is 0 Å². The molecule has 0 radical (unpaired) electrons. The maximum atomic E-state index is 3.46. The zero-order chi connectivity index (χ0) is 13.5. The van der Waals surface area contributed by atoms with Crippen LogP contribution in [0.5, 0.6) is 0 Å². The molecule has 0 aromatic carbocycles. The third-order valence-electron chi connectivity index (χ3n) is 4.61. The van der Waals surface area contributed by atoms with Gasteiger partial charge in [-0.1, -0.05) is 38.0 Å². The van der Waals surface area contributed by atoms with E-state index in [1.54, 1.807) is 11.1 Å². The molecule has 1 rings (SSSR count). The van der Waals surface area contributed by atoms with Gasteiger partial charge in [-0.2, -0.15) is 0 Å². The minimum absolute atomic E-state index is 0.619. The molecule has 1 nitrogen and oxygen atoms in total. The number of rotatable bonds is 2. The summed E-state index contributed by atoms with van der Waals surface area (Å²) in [6.45, 7) is 12.8. The van der Waals surface area contributed by atoms with Gasteiger partial charge in [0, 0.05) is 6.54 Å². The molecule has 0 saturated carbocycles. The highest BCUT2D eigenvalue weighted by molar-refractivity contribution is 5.17. The summed E-state index contributed by atoms with van der Waals surface area (Å²) in [6.07, 6.45) is 9.64. The predicted molar refractivity (Wildman–Crippen MR) is 81.5 cm³/mol. The quantitative estimate of drug-likeness (QED) is 0.686. The topological polar surface area (TPSA) is 12.0 Å². The van der Waals surface area contributed by atoms with E-state index in [0.717, 1.165) is 18.4 Å². The number of hydrogen-bond donors (Lipinski definition) is 1. The van der Waals surface area contributed by atoms with Gasteiger partial charge in [0.1, 0.15) is 0 Å². The molecule has 1 N–H and O–H groups in total. The Hall–Kier alpha value is -0.720. The predicted octanol–water partition coefficient (Wildman–Crippen LogP) is 4.91. The van der Waals surface area contributed by atoms with E-state index in [1.165, 1.54) is 25.7 Å². The van der Waals surface area contributed by atoms with Crippen LogP contribution in [-0.2, 0) is 0 Å². The Bertz CT molecular complexity index is 299. The lowest BCUT2D eigenvalue weighted by Gasteiger charge is -2.21. The maximum absolute atomic E-state index is 3.46. The van der Waals surface area contributed by atoms with Crippen LogP contribution in [0.4, 0.5) is 0 Å². The van der Waals surface area contributed by atoms with Gasteiger partial charge in [0.25, 0.3) is 0 Å². The highest BCUT2D eigenvalue weighted by Gasteiger charge is 2.15. The van der Waals surface area contributed by atoms with Gasteiger partial charge in [-0.05, 0) is 63.5 Å². The summed E-state index contributed by atoms with van der Waals surface area (Å²) in [7, 11) is 0. The number of allylic oxidation sites excluding steroid dienone is 3. The SMILES string of the molecule is CCC1/C=C\NCCC(C(C)C)CC/C(C)=C/1C. The van der Waals surface area contributed by atoms with Crippen molar-refractivity contribution in [1.29, 1.82) is 0 Å². The van der Waals surface area contributed by atoms with Crippen LogP contribution >= 0.6 is 0 Å². The Balaban J connectivity index is 2.81. The van der Waals surface area contributed by atoms with E-state index in [4.69, 9.17) is 0 Å². The van der Waals surface area contributed by atoms with Gasteiger partial charge in [-0.3, -0.25) is 0 Å². The zero-order valence-corrected chi connectivity index (χ0v) is 12.9. The highest BCUT2D eigenvalue weighted by atomic mass is 14.8. The van der Waals surface area contributed by atoms with Crippen LogP contribution in [0.2, 0.25) is 0 Å². The summed E-state index contributed by atoms with van der Waals surface area (Å²) in [6, 6.07) is 0. The molecule has 0 saturated heterocycles. The van der Waals surface area contributed by atoms with Crippen LogP contribution in [0.3, 0.4) is 0 Å². The molecule has 18 heavy (non-hydrogen) atoms. The van der Waals surface area contributed by atoms with Crippen molar-refractivity contribution in [2.75, 3.05) is 6.54 Å². The molecular formula is C17H31N. The first-order chi connectivity index (χ1) is 8.56. The van der Waals surface area contributed by atoms with Crippen molar-refractivity contribution in [3.63, 3.8) is 0 Å². The Kier molecular flexibility index (Phi) is 6.52. The van der Waals surface area contributed by atoms with E-state index in [2.05, 4.69) is 52.2 Å². The second-order valence-electron chi connectivity index (χ2n) is 6.12. The summed E-state index contributed by atoms with van der Waals surface area (Å²) in [5, 5.41) is 3.46. The van der Waals surface area contributed by atoms with Gasteiger partial charge < -0.3 is 5.32 Å². The van der Waals surface area contributed by atoms with Gasteiger partial charge in [0.15, 0.2) is 0 Å². The van der Waals surface area contributed by atoms with Gasteiger partial charge in [-0.15, -0.1) is 0 Å². The second kappa shape index (κ2) is 7.66. The highest BCUT2D eigenvalue weighted by Crippen LogP contribution is 2.27. The fourth-order valence-electron chi connectivity index (χ4n) is 2.85. The molecule has 1 heterocycles. The number of hydrogen-bond acceptors (Lipinski definition) is 1. The Labute approximate surface area is 114 Å². The lowest BCUT2D eigenvalue weighted by molar-refractivity contribution is 0.335. The van der Waals surface area contributed by atoms with Crippen molar-refractivity contribution in [2.24, 2.45) is 17.8 Å². The van der Waals surface area contributed by atoms with Crippen molar-refractivity contribution < 1.29 is 0 Å². The lowest BCUT2D eigenvalue weighted by atomic mass is 9.85. The van der Waals surface area contributed by atoms with E-state index < -0.39 is 0 Å². The number of nitrogens with one attached hydrogen (secondary N) is 1. The van der Waals surface area contributed by atoms with E-state index in [9.17, 15) is 0 Å². The summed E-state index contributed by atoms with van der Waals surface area (Å²) in [4.78, 5) is 0. The minimum Gasteiger partial charge on any atom is -0.391 e. The van der Waals surface area contributed by atoms with E-state index in [1.807, 2.05) is 0 Å². The second-order valence-corrected chi connectivity index (χ2v) is 6.12. The normalized spacial score (nSPS) is 32.8. The molecule has 0 aromatic rings. The summed E-state index contributed by atoms with van der Waals surface area (Å²) >= 11 is 0. The Morgan fingerprint density at radius 2 is 2.00 bits per heavy atom. The smallest absolute Gasteiger partial charge is 0.0144 e. The van der Waals surface area contributed by atoms with Crippen molar-refractivity contribution in [2.45, 2.75) is 60.3 Å². The van der Waals surface area contributed by atoms with Crippen molar-refractivity contribution in [3.8, 4) is 0 Å². The molecule has 1 heteroatoms. The van der Waals surface area contributed by atoms with Crippen LogP contribution in [0.25, 0.3) is 0 Å². The molecule has 0 fully saturated rings. The zero-order valence-electron chi connectivity index (χ0n) is 12.9. The molecule has 0 aliphatic carbocycles. The van der Waals surface area contributed by atoms with E-state index in [-0.39, 0.29) is 0 Å². The Morgan fingerprint density at radius 1 is 1.28 bits per heavy atom. The summed E-state index contributed by atoms with van der Waals surface area (Å²) in [5.41, 5.74) is 3.19. The first kappa shape index (κ1) is 15.3. The molecule has 0 amide bonds. The van der Waals surface area contributed by atoms with Gasteiger partial charge in [0.05, 0.1) is 0 Å². The molecule has 2 atom stereocenters. The van der Waals surface area contributed by atoms with Crippen molar-refractivity contribution >= 4 is 0 Å². The van der Waals surface area contributed by atoms with Gasteiger partial charge in [0.2, 0.25) is 0 Å². The minimum atomic E-state index is 0.619. The maximum Gasteiger partial charge on any atom is 0.0144 e. The van der Waals surface area contributed by atoms with Gasteiger partial charge >= 0.3 is 0 Å². The third-order valence-corrected chi connectivity index (χ3v) is 4.61. The van der Waals surface area contributed by atoms with Crippen LogP contribution in [0.15, 0.2) is 23.4 Å². The van der Waals surface area contributed by atoms with Crippen molar-refractivity contribution in [3.05, 3.63) is 23.4 Å². The molecule has 2 unspecified atom stereocenters. The third kappa shape index (κ3) is 4.51. The lowest BCUT2D eigenvalue weighted by Crippen LogP contribution is -2.16. The van der Waals surface area contributed by atoms with Crippen LogP contribution in [0.1, 0.15) is 60.3 Å². The molecule has 0 aromatic heterocycles.